The zero-order chi connectivity index (χ0) is 12.9. The Morgan fingerprint density at radius 2 is 1.88 bits per heavy atom. The second kappa shape index (κ2) is 5.89. The molecule has 0 unspecified atom stereocenters. The monoisotopic (exact) mass is 275 g/mol. The Bertz CT molecular complexity index is 410. The molecule has 0 aromatic heterocycles. The predicted molar refractivity (Wildman–Crippen MR) is 65.2 cm³/mol. The highest BCUT2D eigenvalue weighted by atomic mass is 35.5. The third kappa shape index (κ3) is 3.91. The normalized spacial score (nSPS) is 13.8. The van der Waals surface area contributed by atoms with Crippen LogP contribution in [0.2, 0.25) is 0 Å². The number of aliphatic carboxylic acids is 1. The molecule has 0 aliphatic heterocycles. The minimum Gasteiger partial charge on any atom is -0.479 e. The van der Waals surface area contributed by atoms with Gasteiger partial charge in [-0.2, -0.15) is 0 Å². The number of alkyl halides is 2. The number of halogens is 2. The molecule has 92 valence electrons. The third-order valence-electron chi connectivity index (χ3n) is 2.07. The molecule has 1 atom stereocenters. The van der Waals surface area contributed by atoms with Crippen molar-refractivity contribution >= 4 is 35.1 Å². The van der Waals surface area contributed by atoms with Gasteiger partial charge in [0.15, 0.2) is 0 Å². The summed E-state index contributed by atoms with van der Waals surface area (Å²) in [5.74, 6) is -2.28. The molecular weight excluding hydrogens is 265 g/mol. The molecule has 0 fully saturated rings. The Labute approximate surface area is 109 Å². The summed E-state index contributed by atoms with van der Waals surface area (Å²) < 4.78 is 0. The van der Waals surface area contributed by atoms with E-state index in [9.17, 15) is 9.59 Å². The van der Waals surface area contributed by atoms with E-state index in [2.05, 4.69) is 5.32 Å². The summed E-state index contributed by atoms with van der Waals surface area (Å²) in [6, 6.07) is 8.92. The van der Waals surface area contributed by atoms with E-state index >= 15 is 0 Å². The van der Waals surface area contributed by atoms with E-state index in [0.29, 0.717) is 0 Å². The molecule has 0 aliphatic rings. The minimum absolute atomic E-state index is 0.0550. The summed E-state index contributed by atoms with van der Waals surface area (Å²) in [6.45, 7) is 0. The minimum atomic E-state index is -1.95. The van der Waals surface area contributed by atoms with Crippen LogP contribution in [0.15, 0.2) is 30.3 Å². The summed E-state index contributed by atoms with van der Waals surface area (Å²) in [4.78, 5) is 20.4. The van der Waals surface area contributed by atoms with Crippen LogP contribution in [0.1, 0.15) is 5.56 Å². The quantitative estimate of drug-likeness (QED) is 0.634. The SMILES string of the molecule is O=C(Cc1ccccc1)N[C@@](Cl)(CCl)C(=O)O. The summed E-state index contributed by atoms with van der Waals surface area (Å²) in [7, 11) is 0. The number of benzene rings is 1. The molecule has 1 rings (SSSR count). The van der Waals surface area contributed by atoms with Gasteiger partial charge in [0.05, 0.1) is 12.3 Å². The van der Waals surface area contributed by atoms with Gasteiger partial charge in [0.2, 0.25) is 10.9 Å². The van der Waals surface area contributed by atoms with Gasteiger partial charge in [-0.15, -0.1) is 11.6 Å². The maximum Gasteiger partial charge on any atom is 0.346 e. The second-order valence-electron chi connectivity index (χ2n) is 3.45. The van der Waals surface area contributed by atoms with E-state index in [0.717, 1.165) is 5.56 Å². The maximum atomic E-state index is 11.6. The highest BCUT2D eigenvalue weighted by molar-refractivity contribution is 6.39. The molecule has 1 amide bonds. The lowest BCUT2D eigenvalue weighted by atomic mass is 10.1. The number of carbonyl (C=O) groups excluding carboxylic acids is 1. The van der Waals surface area contributed by atoms with Crippen molar-refractivity contribution in [3.05, 3.63) is 35.9 Å². The van der Waals surface area contributed by atoms with Gasteiger partial charge < -0.3 is 10.4 Å². The number of carboxylic acids is 1. The van der Waals surface area contributed by atoms with E-state index in [1.165, 1.54) is 0 Å². The number of carbonyl (C=O) groups is 2. The van der Waals surface area contributed by atoms with Crippen molar-refractivity contribution in [2.24, 2.45) is 0 Å². The molecule has 0 radical (unpaired) electrons. The standard InChI is InChI=1S/C11H11Cl2NO3/c12-7-11(13,10(16)17)14-9(15)6-8-4-2-1-3-5-8/h1-5H,6-7H2,(H,14,15)(H,16,17)/t11-/m0/s1. The maximum absolute atomic E-state index is 11.6. The number of carboxylic acid groups (broad SMARTS) is 1. The van der Waals surface area contributed by atoms with Gasteiger partial charge in [-0.25, -0.2) is 4.79 Å². The first-order valence-electron chi connectivity index (χ1n) is 4.81. The topological polar surface area (TPSA) is 66.4 Å². The van der Waals surface area contributed by atoms with Gasteiger partial charge in [-0.05, 0) is 5.56 Å². The Kier molecular flexibility index (Phi) is 4.78. The summed E-state index contributed by atoms with van der Waals surface area (Å²) in [6.07, 6.45) is 0.0550. The summed E-state index contributed by atoms with van der Waals surface area (Å²) in [5, 5.41) is 11.0. The Balaban J connectivity index is 2.64. The molecule has 6 heteroatoms. The molecule has 1 aromatic rings. The lowest BCUT2D eigenvalue weighted by Crippen LogP contribution is -2.52. The predicted octanol–water partition coefficient (Wildman–Crippen LogP) is 1.60. The van der Waals surface area contributed by atoms with Crippen LogP contribution in [0.5, 0.6) is 0 Å². The Hall–Kier alpha value is -1.26. The van der Waals surface area contributed by atoms with Crippen molar-refractivity contribution in [1.82, 2.24) is 5.32 Å². The molecule has 1 aromatic carbocycles. The highest BCUT2D eigenvalue weighted by Crippen LogP contribution is 2.14. The van der Waals surface area contributed by atoms with Crippen LogP contribution in [0.3, 0.4) is 0 Å². The summed E-state index contributed by atoms with van der Waals surface area (Å²) in [5.41, 5.74) is 0.768. The van der Waals surface area contributed by atoms with Gasteiger partial charge in [-0.1, -0.05) is 41.9 Å². The first-order chi connectivity index (χ1) is 7.98. The molecular formula is C11H11Cl2NO3. The summed E-state index contributed by atoms with van der Waals surface area (Å²) >= 11 is 11.1. The van der Waals surface area contributed by atoms with Crippen molar-refractivity contribution < 1.29 is 14.7 Å². The zero-order valence-electron chi connectivity index (χ0n) is 8.82. The molecule has 4 nitrogen and oxygen atoms in total. The number of nitrogens with one attached hydrogen (secondary N) is 1. The number of hydrogen-bond donors (Lipinski definition) is 2. The van der Waals surface area contributed by atoms with Gasteiger partial charge in [0, 0.05) is 0 Å². The van der Waals surface area contributed by atoms with E-state index in [1.807, 2.05) is 6.07 Å². The molecule has 0 spiro atoms. The molecule has 0 aliphatic carbocycles. The van der Waals surface area contributed by atoms with Crippen LogP contribution in [-0.4, -0.2) is 27.9 Å². The van der Waals surface area contributed by atoms with E-state index in [1.54, 1.807) is 24.3 Å². The number of rotatable bonds is 5. The first-order valence-corrected chi connectivity index (χ1v) is 5.72. The second-order valence-corrected chi connectivity index (χ2v) is 4.36. The number of hydrogen-bond acceptors (Lipinski definition) is 2. The molecule has 0 saturated heterocycles. The smallest absolute Gasteiger partial charge is 0.346 e. The van der Waals surface area contributed by atoms with E-state index < -0.39 is 22.8 Å². The largest absolute Gasteiger partial charge is 0.479 e. The van der Waals surface area contributed by atoms with Gasteiger partial charge in [-0.3, -0.25) is 4.79 Å². The van der Waals surface area contributed by atoms with Crippen LogP contribution >= 0.6 is 23.2 Å². The van der Waals surface area contributed by atoms with Gasteiger partial charge in [0.1, 0.15) is 0 Å². The van der Waals surface area contributed by atoms with E-state index in [4.69, 9.17) is 28.3 Å². The van der Waals surface area contributed by atoms with Crippen molar-refractivity contribution in [2.45, 2.75) is 11.4 Å². The van der Waals surface area contributed by atoms with Crippen LogP contribution < -0.4 is 5.32 Å². The Morgan fingerprint density at radius 3 is 2.35 bits per heavy atom. The average Bonchev–Trinajstić information content (AvgIpc) is 2.29. The zero-order valence-corrected chi connectivity index (χ0v) is 10.3. The molecule has 2 N–H and O–H groups in total. The fourth-order valence-electron chi connectivity index (χ4n) is 1.19. The van der Waals surface area contributed by atoms with Crippen molar-refractivity contribution in [1.29, 1.82) is 0 Å². The third-order valence-corrected chi connectivity index (χ3v) is 3.00. The average molecular weight is 276 g/mol. The fourth-order valence-corrected chi connectivity index (χ4v) is 1.48. The lowest BCUT2D eigenvalue weighted by molar-refractivity contribution is -0.142. The van der Waals surface area contributed by atoms with Crippen LogP contribution in [0, 0.1) is 0 Å². The molecule has 0 heterocycles. The number of amides is 1. The van der Waals surface area contributed by atoms with Crippen LogP contribution in [-0.2, 0) is 16.0 Å². The van der Waals surface area contributed by atoms with Crippen molar-refractivity contribution in [2.75, 3.05) is 5.88 Å². The van der Waals surface area contributed by atoms with Crippen molar-refractivity contribution in [3.8, 4) is 0 Å². The van der Waals surface area contributed by atoms with Crippen molar-refractivity contribution in [3.63, 3.8) is 0 Å². The molecule has 0 bridgehead atoms. The fraction of sp³-hybridized carbons (Fsp3) is 0.273. The van der Waals surface area contributed by atoms with Crippen LogP contribution in [0.25, 0.3) is 0 Å². The Morgan fingerprint density at radius 1 is 1.29 bits per heavy atom. The van der Waals surface area contributed by atoms with Crippen LogP contribution in [0.4, 0.5) is 0 Å². The molecule has 0 saturated carbocycles. The molecule has 17 heavy (non-hydrogen) atoms. The van der Waals surface area contributed by atoms with Gasteiger partial charge in [0.25, 0.3) is 0 Å². The van der Waals surface area contributed by atoms with Gasteiger partial charge >= 0.3 is 5.97 Å². The van der Waals surface area contributed by atoms with E-state index in [-0.39, 0.29) is 6.42 Å². The first kappa shape index (κ1) is 13.8. The highest BCUT2D eigenvalue weighted by Gasteiger charge is 2.36. The lowest BCUT2D eigenvalue weighted by Gasteiger charge is -2.20.